The summed E-state index contributed by atoms with van der Waals surface area (Å²) in [5.74, 6) is 0.0593. The van der Waals surface area contributed by atoms with Gasteiger partial charge in [0, 0.05) is 31.7 Å². The van der Waals surface area contributed by atoms with E-state index < -0.39 is 6.10 Å². The van der Waals surface area contributed by atoms with Crippen molar-refractivity contribution in [2.45, 2.75) is 18.6 Å². The maximum absolute atomic E-state index is 13.2. The van der Waals surface area contributed by atoms with Crippen LogP contribution in [0.2, 0.25) is 0 Å². The number of amides is 1. The molecule has 1 aromatic heterocycles. The minimum Gasteiger partial charge on any atom is -0.366 e. The zero-order valence-electron chi connectivity index (χ0n) is 13.8. The van der Waals surface area contributed by atoms with Gasteiger partial charge in [-0.25, -0.2) is 4.98 Å². The van der Waals surface area contributed by atoms with E-state index in [-0.39, 0.29) is 11.9 Å². The SMILES string of the molecule is CN1CCOC(C(=O)N2CCc3[nH]cnc3C2c2ccccc2)C1. The van der Waals surface area contributed by atoms with Crippen molar-refractivity contribution in [3.63, 3.8) is 0 Å². The van der Waals surface area contributed by atoms with Crippen LogP contribution in [0.1, 0.15) is 23.0 Å². The summed E-state index contributed by atoms with van der Waals surface area (Å²) < 4.78 is 5.76. The molecule has 2 atom stereocenters. The van der Waals surface area contributed by atoms with Gasteiger partial charge in [0.2, 0.25) is 0 Å². The second-order valence-electron chi connectivity index (χ2n) is 6.48. The Bertz CT molecular complexity index is 715. The highest BCUT2D eigenvalue weighted by molar-refractivity contribution is 5.82. The number of hydrogen-bond donors (Lipinski definition) is 1. The van der Waals surface area contributed by atoms with Gasteiger partial charge >= 0.3 is 0 Å². The Balaban J connectivity index is 1.67. The van der Waals surface area contributed by atoms with Crippen LogP contribution in [0.5, 0.6) is 0 Å². The number of nitrogens with zero attached hydrogens (tertiary/aromatic N) is 3. The van der Waals surface area contributed by atoms with Crippen LogP contribution in [0.3, 0.4) is 0 Å². The highest BCUT2D eigenvalue weighted by Crippen LogP contribution is 2.34. The Hall–Kier alpha value is -2.18. The molecule has 1 aromatic carbocycles. The molecule has 2 aliphatic rings. The molecular formula is C18H22N4O2. The molecule has 6 nitrogen and oxygen atoms in total. The zero-order valence-corrected chi connectivity index (χ0v) is 13.8. The van der Waals surface area contributed by atoms with Crippen LogP contribution >= 0.6 is 0 Å². The molecule has 4 rings (SSSR count). The smallest absolute Gasteiger partial charge is 0.253 e. The molecule has 0 radical (unpaired) electrons. The number of carbonyl (C=O) groups is 1. The predicted octanol–water partition coefficient (Wildman–Crippen LogP) is 1.21. The minimum atomic E-state index is -0.393. The van der Waals surface area contributed by atoms with Gasteiger partial charge in [0.1, 0.15) is 12.1 Å². The van der Waals surface area contributed by atoms with Gasteiger partial charge in [0.25, 0.3) is 5.91 Å². The van der Waals surface area contributed by atoms with Crippen LogP contribution < -0.4 is 0 Å². The molecule has 24 heavy (non-hydrogen) atoms. The maximum atomic E-state index is 13.2. The Kier molecular flexibility index (Phi) is 4.08. The van der Waals surface area contributed by atoms with Crippen molar-refractivity contribution in [1.82, 2.24) is 19.8 Å². The molecular weight excluding hydrogens is 304 g/mol. The van der Waals surface area contributed by atoms with Crippen molar-refractivity contribution < 1.29 is 9.53 Å². The molecule has 126 valence electrons. The molecule has 1 fully saturated rings. The Labute approximate surface area is 141 Å². The third kappa shape index (κ3) is 2.72. The summed E-state index contributed by atoms with van der Waals surface area (Å²) in [4.78, 5) is 25.0. The first-order chi connectivity index (χ1) is 11.7. The molecule has 0 bridgehead atoms. The van der Waals surface area contributed by atoms with E-state index in [1.165, 1.54) is 0 Å². The van der Waals surface area contributed by atoms with Crippen LogP contribution in [0.25, 0.3) is 0 Å². The van der Waals surface area contributed by atoms with Gasteiger partial charge in [-0.3, -0.25) is 4.79 Å². The molecule has 2 unspecified atom stereocenters. The summed E-state index contributed by atoms with van der Waals surface area (Å²) in [5, 5.41) is 0. The highest BCUT2D eigenvalue weighted by atomic mass is 16.5. The third-order valence-electron chi connectivity index (χ3n) is 4.87. The quantitative estimate of drug-likeness (QED) is 0.901. The lowest BCUT2D eigenvalue weighted by Crippen LogP contribution is -2.52. The van der Waals surface area contributed by atoms with Gasteiger partial charge in [-0.2, -0.15) is 0 Å². The number of benzene rings is 1. The van der Waals surface area contributed by atoms with Crippen LogP contribution in [0.15, 0.2) is 36.7 Å². The van der Waals surface area contributed by atoms with Gasteiger partial charge in [0.05, 0.1) is 18.6 Å². The van der Waals surface area contributed by atoms with E-state index in [1.54, 1.807) is 6.33 Å². The number of hydrogen-bond acceptors (Lipinski definition) is 4. The van der Waals surface area contributed by atoms with Crippen LogP contribution in [-0.2, 0) is 16.0 Å². The summed E-state index contributed by atoms with van der Waals surface area (Å²) in [6.45, 7) is 2.79. The zero-order chi connectivity index (χ0) is 16.5. The number of ether oxygens (including phenoxy) is 1. The van der Waals surface area contributed by atoms with Gasteiger partial charge in [-0.1, -0.05) is 30.3 Å². The first-order valence-electron chi connectivity index (χ1n) is 8.42. The van der Waals surface area contributed by atoms with E-state index in [0.717, 1.165) is 29.9 Å². The second kappa shape index (κ2) is 6.37. The first kappa shape index (κ1) is 15.4. The molecule has 2 aromatic rings. The number of morpholine rings is 1. The van der Waals surface area contributed by atoms with E-state index in [1.807, 2.05) is 30.1 Å². The molecule has 3 heterocycles. The Morgan fingerprint density at radius 2 is 2.12 bits per heavy atom. The Morgan fingerprint density at radius 1 is 1.29 bits per heavy atom. The molecule has 2 aliphatic heterocycles. The summed E-state index contributed by atoms with van der Waals surface area (Å²) in [5.41, 5.74) is 3.16. The number of aromatic nitrogens is 2. The number of aromatic amines is 1. The fraction of sp³-hybridized carbons (Fsp3) is 0.444. The molecule has 6 heteroatoms. The summed E-state index contributed by atoms with van der Waals surface area (Å²) in [6, 6.07) is 9.96. The minimum absolute atomic E-state index is 0.0593. The van der Waals surface area contributed by atoms with E-state index in [9.17, 15) is 4.79 Å². The van der Waals surface area contributed by atoms with Gasteiger partial charge < -0.3 is 19.5 Å². The van der Waals surface area contributed by atoms with Crippen LogP contribution in [0, 0.1) is 0 Å². The number of nitrogens with one attached hydrogen (secondary N) is 1. The number of imidazole rings is 1. The number of likely N-dealkylation sites (N-methyl/N-ethyl adjacent to an activating group) is 1. The lowest BCUT2D eigenvalue weighted by molar-refractivity contribution is -0.151. The van der Waals surface area contributed by atoms with Gasteiger partial charge in [-0.05, 0) is 12.6 Å². The van der Waals surface area contributed by atoms with E-state index in [0.29, 0.717) is 19.7 Å². The molecule has 1 N–H and O–H groups in total. The second-order valence-corrected chi connectivity index (χ2v) is 6.48. The Morgan fingerprint density at radius 3 is 2.92 bits per heavy atom. The fourth-order valence-corrected chi connectivity index (χ4v) is 3.60. The maximum Gasteiger partial charge on any atom is 0.253 e. The van der Waals surface area contributed by atoms with Crippen molar-refractivity contribution in [2.75, 3.05) is 33.3 Å². The predicted molar refractivity (Wildman–Crippen MR) is 89.5 cm³/mol. The lowest BCUT2D eigenvalue weighted by atomic mass is 9.95. The van der Waals surface area contributed by atoms with Crippen molar-refractivity contribution in [2.24, 2.45) is 0 Å². The van der Waals surface area contributed by atoms with E-state index in [2.05, 4.69) is 27.0 Å². The first-order valence-corrected chi connectivity index (χ1v) is 8.42. The van der Waals surface area contributed by atoms with Crippen molar-refractivity contribution in [3.05, 3.63) is 53.6 Å². The number of rotatable bonds is 2. The molecule has 1 saturated heterocycles. The van der Waals surface area contributed by atoms with E-state index in [4.69, 9.17) is 4.74 Å². The molecule has 0 aliphatic carbocycles. The van der Waals surface area contributed by atoms with Crippen LogP contribution in [-0.4, -0.2) is 65.1 Å². The van der Waals surface area contributed by atoms with Gasteiger partial charge in [-0.15, -0.1) is 0 Å². The third-order valence-corrected chi connectivity index (χ3v) is 4.87. The monoisotopic (exact) mass is 326 g/mol. The summed E-state index contributed by atoms with van der Waals surface area (Å²) in [7, 11) is 2.03. The van der Waals surface area contributed by atoms with Crippen molar-refractivity contribution >= 4 is 5.91 Å². The normalized spacial score (nSPS) is 24.6. The van der Waals surface area contributed by atoms with E-state index >= 15 is 0 Å². The topological polar surface area (TPSA) is 61.5 Å². The highest BCUT2D eigenvalue weighted by Gasteiger charge is 2.38. The van der Waals surface area contributed by atoms with Gasteiger partial charge in [0.15, 0.2) is 0 Å². The summed E-state index contributed by atoms with van der Waals surface area (Å²) >= 11 is 0. The van der Waals surface area contributed by atoms with Crippen molar-refractivity contribution in [3.8, 4) is 0 Å². The molecule has 0 saturated carbocycles. The average molecular weight is 326 g/mol. The number of fused-ring (bicyclic) bond motifs is 1. The molecule has 0 spiro atoms. The molecule has 1 amide bonds. The summed E-state index contributed by atoms with van der Waals surface area (Å²) in [6.07, 6.45) is 2.13. The number of carbonyl (C=O) groups excluding carboxylic acids is 1. The van der Waals surface area contributed by atoms with Crippen molar-refractivity contribution in [1.29, 1.82) is 0 Å². The van der Waals surface area contributed by atoms with Crippen LogP contribution in [0.4, 0.5) is 0 Å². The fourth-order valence-electron chi connectivity index (χ4n) is 3.60. The largest absolute Gasteiger partial charge is 0.366 e. The number of H-pyrrole nitrogens is 1. The standard InChI is InChI=1S/C18H22N4O2/c1-21-9-10-24-15(11-21)18(23)22-8-7-14-16(20-12-19-14)17(22)13-5-3-2-4-6-13/h2-6,12,15,17H,7-11H2,1H3,(H,19,20). The lowest BCUT2D eigenvalue weighted by Gasteiger charge is -2.39. The average Bonchev–Trinajstić information content (AvgIpc) is 3.09.